The quantitative estimate of drug-likeness (QED) is 0.768. The molecule has 1 N–H and O–H groups in total. The summed E-state index contributed by atoms with van der Waals surface area (Å²) < 4.78 is 36.9. The molecule has 0 radical (unpaired) electrons. The molecule has 0 atom stereocenters. The Hall–Kier alpha value is -2.29. The number of carbonyl (C=O) groups is 1. The van der Waals surface area contributed by atoms with Crippen LogP contribution in [0.1, 0.15) is 23.2 Å². The number of sulfonamides is 1. The fourth-order valence-corrected chi connectivity index (χ4v) is 4.84. The molecule has 2 aromatic rings. The Morgan fingerprint density at radius 2 is 1.71 bits per heavy atom. The molecule has 150 valence electrons. The lowest BCUT2D eigenvalue weighted by Crippen LogP contribution is -2.27. The fourth-order valence-electron chi connectivity index (χ4n) is 3.04. The molecule has 1 aliphatic heterocycles. The lowest BCUT2D eigenvalue weighted by atomic mass is 10.1. The average molecular weight is 425 g/mol. The molecular formula is C19H21ClN2O5S. The number of nitrogens with one attached hydrogen (secondary N) is 1. The van der Waals surface area contributed by atoms with Gasteiger partial charge < -0.3 is 14.8 Å². The minimum Gasteiger partial charge on any atom is -0.493 e. The number of amides is 1. The zero-order valence-corrected chi connectivity index (χ0v) is 17.1. The van der Waals surface area contributed by atoms with E-state index in [1.807, 2.05) is 0 Å². The molecule has 1 aliphatic rings. The molecule has 7 nitrogen and oxygen atoms in total. The Bertz CT molecular complexity index is 971. The van der Waals surface area contributed by atoms with Gasteiger partial charge in [0.05, 0.1) is 24.1 Å². The van der Waals surface area contributed by atoms with E-state index in [1.165, 1.54) is 42.8 Å². The van der Waals surface area contributed by atoms with Crippen LogP contribution < -0.4 is 14.8 Å². The van der Waals surface area contributed by atoms with E-state index in [4.69, 9.17) is 21.1 Å². The van der Waals surface area contributed by atoms with Crippen LogP contribution in [-0.4, -0.2) is 45.9 Å². The van der Waals surface area contributed by atoms with Crippen LogP contribution in [-0.2, 0) is 10.0 Å². The smallest absolute Gasteiger partial charge is 0.255 e. The van der Waals surface area contributed by atoms with Gasteiger partial charge in [0, 0.05) is 24.3 Å². The molecule has 28 heavy (non-hydrogen) atoms. The van der Waals surface area contributed by atoms with Crippen molar-refractivity contribution in [2.24, 2.45) is 0 Å². The minimum absolute atomic E-state index is 0.210. The Labute approximate surface area is 169 Å². The highest BCUT2D eigenvalue weighted by Gasteiger charge is 2.27. The Balaban J connectivity index is 1.77. The lowest BCUT2D eigenvalue weighted by molar-refractivity contribution is 0.102. The third-order valence-corrected chi connectivity index (χ3v) is 6.70. The number of rotatable bonds is 6. The lowest BCUT2D eigenvalue weighted by Gasteiger charge is -2.16. The summed E-state index contributed by atoms with van der Waals surface area (Å²) in [4.78, 5) is 12.7. The molecule has 0 bridgehead atoms. The molecule has 9 heteroatoms. The molecule has 1 saturated heterocycles. The second-order valence-electron chi connectivity index (χ2n) is 6.28. The van der Waals surface area contributed by atoms with Crippen LogP contribution in [0.15, 0.2) is 41.3 Å². The first-order valence-corrected chi connectivity index (χ1v) is 10.5. The molecule has 0 spiro atoms. The van der Waals surface area contributed by atoms with E-state index < -0.39 is 15.9 Å². The first kappa shape index (κ1) is 20.4. The predicted octanol–water partition coefficient (Wildman–Crippen LogP) is 3.39. The van der Waals surface area contributed by atoms with Crippen molar-refractivity contribution in [3.05, 3.63) is 47.0 Å². The maximum Gasteiger partial charge on any atom is 0.255 e. The van der Waals surface area contributed by atoms with E-state index in [9.17, 15) is 13.2 Å². The number of halogens is 1. The van der Waals surface area contributed by atoms with Crippen LogP contribution in [0.3, 0.4) is 0 Å². The van der Waals surface area contributed by atoms with Gasteiger partial charge >= 0.3 is 0 Å². The molecule has 1 heterocycles. The topological polar surface area (TPSA) is 84.9 Å². The number of benzene rings is 2. The summed E-state index contributed by atoms with van der Waals surface area (Å²) in [6, 6.07) is 9.10. The van der Waals surface area contributed by atoms with Gasteiger partial charge in [-0.1, -0.05) is 11.6 Å². The number of anilines is 1. The van der Waals surface area contributed by atoms with Gasteiger partial charge in [0.15, 0.2) is 11.5 Å². The van der Waals surface area contributed by atoms with Crippen molar-refractivity contribution in [2.45, 2.75) is 17.7 Å². The van der Waals surface area contributed by atoms with E-state index >= 15 is 0 Å². The summed E-state index contributed by atoms with van der Waals surface area (Å²) >= 11 is 6.14. The number of hydrogen-bond donors (Lipinski definition) is 1. The predicted molar refractivity (Wildman–Crippen MR) is 107 cm³/mol. The maximum atomic E-state index is 12.6. The van der Waals surface area contributed by atoms with Crippen LogP contribution in [0, 0.1) is 0 Å². The standard InChI is InChI=1S/C19H21ClN2O5S/c1-26-17-12-13(11-16(20)18(17)27-2)19(23)21-14-5-7-15(8-6-14)28(24,25)22-9-3-4-10-22/h5-8,11-12H,3-4,9-10H2,1-2H3,(H,21,23). The monoisotopic (exact) mass is 424 g/mol. The van der Waals surface area contributed by atoms with Crippen LogP contribution >= 0.6 is 11.6 Å². The van der Waals surface area contributed by atoms with Crippen molar-refractivity contribution >= 4 is 33.2 Å². The van der Waals surface area contributed by atoms with Crippen LogP contribution in [0.4, 0.5) is 5.69 Å². The summed E-state index contributed by atoms with van der Waals surface area (Å²) in [6.07, 6.45) is 1.75. The van der Waals surface area contributed by atoms with Crippen molar-refractivity contribution in [3.8, 4) is 11.5 Å². The highest BCUT2D eigenvalue weighted by atomic mass is 35.5. The van der Waals surface area contributed by atoms with Crippen molar-refractivity contribution in [2.75, 3.05) is 32.6 Å². The van der Waals surface area contributed by atoms with E-state index in [-0.39, 0.29) is 15.5 Å². The first-order chi connectivity index (χ1) is 13.4. The highest BCUT2D eigenvalue weighted by Crippen LogP contribution is 2.36. The van der Waals surface area contributed by atoms with Gasteiger partial charge in [0.25, 0.3) is 5.91 Å². The number of nitrogens with zero attached hydrogens (tertiary/aromatic N) is 1. The first-order valence-electron chi connectivity index (χ1n) is 8.70. The molecule has 0 unspecified atom stereocenters. The van der Waals surface area contributed by atoms with E-state index in [1.54, 1.807) is 12.1 Å². The summed E-state index contributed by atoms with van der Waals surface area (Å²) in [5.74, 6) is 0.280. The average Bonchev–Trinajstić information content (AvgIpc) is 3.23. The maximum absolute atomic E-state index is 12.6. The van der Waals surface area contributed by atoms with Crippen LogP contribution in [0.5, 0.6) is 11.5 Å². The van der Waals surface area contributed by atoms with Gasteiger partial charge in [-0.15, -0.1) is 0 Å². The van der Waals surface area contributed by atoms with E-state index in [0.29, 0.717) is 30.3 Å². The van der Waals surface area contributed by atoms with Gasteiger partial charge in [-0.2, -0.15) is 4.31 Å². The molecule has 0 saturated carbocycles. The van der Waals surface area contributed by atoms with Gasteiger partial charge in [0.1, 0.15) is 0 Å². The Morgan fingerprint density at radius 3 is 2.29 bits per heavy atom. The van der Waals surface area contributed by atoms with Gasteiger partial charge in [-0.05, 0) is 49.2 Å². The summed E-state index contributed by atoms with van der Waals surface area (Å²) in [6.45, 7) is 1.09. The normalized spacial score (nSPS) is 14.7. The van der Waals surface area contributed by atoms with Gasteiger partial charge in [-0.25, -0.2) is 8.42 Å². The van der Waals surface area contributed by atoms with Crippen molar-refractivity contribution in [1.82, 2.24) is 4.31 Å². The zero-order valence-electron chi connectivity index (χ0n) is 15.6. The Morgan fingerprint density at radius 1 is 1.07 bits per heavy atom. The molecule has 1 fully saturated rings. The fraction of sp³-hybridized carbons (Fsp3) is 0.316. The molecule has 3 rings (SSSR count). The van der Waals surface area contributed by atoms with Crippen molar-refractivity contribution in [3.63, 3.8) is 0 Å². The molecular weight excluding hydrogens is 404 g/mol. The van der Waals surface area contributed by atoms with Crippen molar-refractivity contribution < 1.29 is 22.7 Å². The second kappa shape index (κ2) is 8.38. The Kier molecular flexibility index (Phi) is 6.12. The third-order valence-electron chi connectivity index (χ3n) is 4.51. The number of carbonyl (C=O) groups excluding carboxylic acids is 1. The second-order valence-corrected chi connectivity index (χ2v) is 8.63. The molecule has 1 amide bonds. The van der Waals surface area contributed by atoms with E-state index in [0.717, 1.165) is 12.8 Å². The largest absolute Gasteiger partial charge is 0.493 e. The summed E-state index contributed by atoms with van der Waals surface area (Å²) in [7, 11) is -0.572. The minimum atomic E-state index is -3.49. The third kappa shape index (κ3) is 4.09. The summed E-state index contributed by atoms with van der Waals surface area (Å²) in [5, 5.41) is 2.97. The molecule has 0 aliphatic carbocycles. The van der Waals surface area contributed by atoms with Crippen LogP contribution in [0.2, 0.25) is 5.02 Å². The highest BCUT2D eigenvalue weighted by molar-refractivity contribution is 7.89. The number of hydrogen-bond acceptors (Lipinski definition) is 5. The van der Waals surface area contributed by atoms with Crippen molar-refractivity contribution in [1.29, 1.82) is 0 Å². The number of ether oxygens (including phenoxy) is 2. The van der Waals surface area contributed by atoms with Gasteiger partial charge in [0.2, 0.25) is 10.0 Å². The zero-order chi connectivity index (χ0) is 20.3. The molecule has 0 aromatic heterocycles. The summed E-state index contributed by atoms with van der Waals surface area (Å²) in [5.41, 5.74) is 0.757. The van der Waals surface area contributed by atoms with Gasteiger partial charge in [-0.3, -0.25) is 4.79 Å². The van der Waals surface area contributed by atoms with Crippen LogP contribution in [0.25, 0.3) is 0 Å². The number of methoxy groups -OCH3 is 2. The molecule has 2 aromatic carbocycles. The van der Waals surface area contributed by atoms with E-state index in [2.05, 4.69) is 5.32 Å². The SMILES string of the molecule is COc1cc(C(=O)Nc2ccc(S(=O)(=O)N3CCCC3)cc2)cc(Cl)c1OC.